The average Bonchev–Trinajstić information content (AvgIpc) is 2.50. The summed E-state index contributed by atoms with van der Waals surface area (Å²) in [5.41, 5.74) is 7.46. The van der Waals surface area contributed by atoms with Crippen LogP contribution < -0.4 is 11.1 Å². The number of nitrogens with one attached hydrogen (secondary N) is 1. The number of para-hydroxylation sites is 1. The number of amides is 1. The van der Waals surface area contributed by atoms with Crippen LogP contribution in [0.1, 0.15) is 32.3 Å². The molecule has 1 rings (SSSR count). The van der Waals surface area contributed by atoms with Crippen molar-refractivity contribution in [1.82, 2.24) is 5.32 Å². The van der Waals surface area contributed by atoms with E-state index in [0.717, 1.165) is 12.0 Å². The molecule has 2 atom stereocenters. The van der Waals surface area contributed by atoms with E-state index in [1.165, 1.54) is 7.11 Å². The Morgan fingerprint density at radius 3 is 2.50 bits per heavy atom. The van der Waals surface area contributed by atoms with Crippen LogP contribution in [0.2, 0.25) is 0 Å². The van der Waals surface area contributed by atoms with Gasteiger partial charge >= 0.3 is 5.97 Å². The number of esters is 1. The van der Waals surface area contributed by atoms with E-state index in [1.54, 1.807) is 0 Å². The van der Waals surface area contributed by atoms with E-state index in [-0.39, 0.29) is 30.7 Å². The van der Waals surface area contributed by atoms with Gasteiger partial charge in [0.1, 0.15) is 6.04 Å². The van der Waals surface area contributed by atoms with Crippen LogP contribution in [0, 0.1) is 5.92 Å². The molecular weight excluding hydrogens is 304 g/mol. The van der Waals surface area contributed by atoms with E-state index in [4.69, 9.17) is 10.5 Å². The average molecular weight is 329 g/mol. The molecule has 22 heavy (non-hydrogen) atoms. The van der Waals surface area contributed by atoms with Gasteiger partial charge in [-0.05, 0) is 24.0 Å². The maximum Gasteiger partial charge on any atom is 0.328 e. The lowest BCUT2D eigenvalue weighted by atomic mass is 9.99. The van der Waals surface area contributed by atoms with Gasteiger partial charge in [-0.15, -0.1) is 12.4 Å². The molecule has 0 saturated heterocycles. The first kappa shape index (κ1) is 20.2. The van der Waals surface area contributed by atoms with Gasteiger partial charge in [-0.3, -0.25) is 4.79 Å². The van der Waals surface area contributed by atoms with Crippen molar-refractivity contribution in [2.75, 3.05) is 12.8 Å². The molecule has 0 heterocycles. The minimum absolute atomic E-state index is 0. The highest BCUT2D eigenvalue weighted by molar-refractivity contribution is 5.85. The Labute approximate surface area is 138 Å². The normalized spacial score (nSPS) is 12.7. The third kappa shape index (κ3) is 5.93. The first-order valence-electron chi connectivity index (χ1n) is 7.20. The lowest BCUT2D eigenvalue weighted by Crippen LogP contribution is -2.45. The summed E-state index contributed by atoms with van der Waals surface area (Å²) >= 11 is 0. The molecule has 1 aromatic rings. The van der Waals surface area contributed by atoms with Crippen LogP contribution in [0.5, 0.6) is 0 Å². The van der Waals surface area contributed by atoms with Crippen LogP contribution in [0.4, 0.5) is 5.69 Å². The highest BCUT2D eigenvalue weighted by Gasteiger charge is 2.26. The number of hydrogen-bond acceptors (Lipinski definition) is 4. The number of rotatable bonds is 7. The van der Waals surface area contributed by atoms with Crippen LogP contribution in [0.15, 0.2) is 24.3 Å². The van der Waals surface area contributed by atoms with Gasteiger partial charge in [0.05, 0.1) is 7.11 Å². The number of hydrogen-bond donors (Lipinski definition) is 2. The lowest BCUT2D eigenvalue weighted by Gasteiger charge is -2.21. The number of methoxy groups -OCH3 is 1. The Morgan fingerprint density at radius 2 is 1.95 bits per heavy atom. The van der Waals surface area contributed by atoms with Crippen LogP contribution in [-0.4, -0.2) is 25.0 Å². The van der Waals surface area contributed by atoms with Crippen molar-refractivity contribution in [1.29, 1.82) is 0 Å². The highest BCUT2D eigenvalue weighted by Crippen LogP contribution is 2.13. The number of anilines is 1. The van der Waals surface area contributed by atoms with Crippen molar-refractivity contribution < 1.29 is 14.3 Å². The van der Waals surface area contributed by atoms with Gasteiger partial charge in [0.15, 0.2) is 0 Å². The number of benzene rings is 1. The van der Waals surface area contributed by atoms with Gasteiger partial charge in [0.2, 0.25) is 5.91 Å². The summed E-state index contributed by atoms with van der Waals surface area (Å²) in [5, 5.41) is 2.75. The minimum Gasteiger partial charge on any atom is -0.467 e. The molecule has 6 heteroatoms. The van der Waals surface area contributed by atoms with Crippen molar-refractivity contribution >= 4 is 30.0 Å². The van der Waals surface area contributed by atoms with Crippen molar-refractivity contribution in [2.45, 2.75) is 39.2 Å². The number of nitrogen functional groups attached to an aromatic ring is 1. The number of aryl methyl sites for hydroxylation is 1. The maximum absolute atomic E-state index is 12.0. The maximum atomic E-state index is 12.0. The molecule has 0 spiro atoms. The van der Waals surface area contributed by atoms with Gasteiger partial charge in [0.25, 0.3) is 0 Å². The van der Waals surface area contributed by atoms with Gasteiger partial charge < -0.3 is 15.8 Å². The zero-order valence-corrected chi connectivity index (χ0v) is 14.1. The molecule has 0 aromatic heterocycles. The van der Waals surface area contributed by atoms with Crippen molar-refractivity contribution in [2.24, 2.45) is 5.92 Å². The van der Waals surface area contributed by atoms with E-state index in [0.29, 0.717) is 12.1 Å². The van der Waals surface area contributed by atoms with Gasteiger partial charge in [0, 0.05) is 12.1 Å². The number of carbonyl (C=O) groups is 2. The van der Waals surface area contributed by atoms with Crippen LogP contribution in [0.25, 0.3) is 0 Å². The molecule has 1 aromatic carbocycles. The predicted molar refractivity (Wildman–Crippen MR) is 89.8 cm³/mol. The Kier molecular flexibility index (Phi) is 9.26. The number of halogens is 1. The summed E-state index contributed by atoms with van der Waals surface area (Å²) in [4.78, 5) is 23.7. The Morgan fingerprint density at radius 1 is 1.32 bits per heavy atom. The molecule has 124 valence electrons. The minimum atomic E-state index is -0.597. The molecule has 0 radical (unpaired) electrons. The van der Waals surface area contributed by atoms with Crippen molar-refractivity contribution in [3.05, 3.63) is 29.8 Å². The second kappa shape index (κ2) is 10.1. The fourth-order valence-electron chi connectivity index (χ4n) is 2.05. The van der Waals surface area contributed by atoms with E-state index in [2.05, 4.69) is 5.32 Å². The van der Waals surface area contributed by atoms with Gasteiger partial charge in [-0.2, -0.15) is 0 Å². The van der Waals surface area contributed by atoms with Crippen LogP contribution >= 0.6 is 12.4 Å². The number of ether oxygens (including phenoxy) is 1. The SMILES string of the molecule is CC[C@H](C)[C@H](NC(=O)CCc1ccccc1N)C(=O)OC.Cl. The monoisotopic (exact) mass is 328 g/mol. The summed E-state index contributed by atoms with van der Waals surface area (Å²) in [5.74, 6) is -0.547. The quantitative estimate of drug-likeness (QED) is 0.594. The third-order valence-corrected chi connectivity index (χ3v) is 3.66. The number of nitrogens with two attached hydrogens (primary N) is 1. The third-order valence-electron chi connectivity index (χ3n) is 3.66. The van der Waals surface area contributed by atoms with Crippen LogP contribution in [-0.2, 0) is 20.7 Å². The first-order valence-corrected chi connectivity index (χ1v) is 7.20. The van der Waals surface area contributed by atoms with E-state index >= 15 is 0 Å². The van der Waals surface area contributed by atoms with E-state index < -0.39 is 12.0 Å². The molecule has 5 nitrogen and oxygen atoms in total. The second-order valence-electron chi connectivity index (χ2n) is 5.15. The summed E-state index contributed by atoms with van der Waals surface area (Å²) in [6.07, 6.45) is 1.62. The lowest BCUT2D eigenvalue weighted by molar-refractivity contribution is -0.146. The van der Waals surface area contributed by atoms with Gasteiger partial charge in [-0.25, -0.2) is 4.79 Å². The smallest absolute Gasteiger partial charge is 0.328 e. The number of carbonyl (C=O) groups excluding carboxylic acids is 2. The molecule has 0 saturated carbocycles. The molecule has 0 aliphatic rings. The molecule has 0 aliphatic carbocycles. The zero-order chi connectivity index (χ0) is 15.8. The molecule has 3 N–H and O–H groups in total. The van der Waals surface area contributed by atoms with E-state index in [1.807, 2.05) is 38.1 Å². The Bertz CT molecular complexity index is 494. The highest BCUT2D eigenvalue weighted by atomic mass is 35.5. The molecule has 0 aliphatic heterocycles. The van der Waals surface area contributed by atoms with Crippen molar-refractivity contribution in [3.8, 4) is 0 Å². The fourth-order valence-corrected chi connectivity index (χ4v) is 2.05. The molecule has 0 bridgehead atoms. The largest absolute Gasteiger partial charge is 0.467 e. The topological polar surface area (TPSA) is 81.4 Å². The fraction of sp³-hybridized carbons (Fsp3) is 0.500. The summed E-state index contributed by atoms with van der Waals surface area (Å²) in [6, 6.07) is 6.86. The summed E-state index contributed by atoms with van der Waals surface area (Å²) in [7, 11) is 1.33. The molecule has 0 unspecified atom stereocenters. The molecular formula is C16H25ClN2O3. The van der Waals surface area contributed by atoms with Crippen molar-refractivity contribution in [3.63, 3.8) is 0 Å². The Hall–Kier alpha value is -1.75. The first-order chi connectivity index (χ1) is 9.99. The zero-order valence-electron chi connectivity index (χ0n) is 13.3. The summed E-state index contributed by atoms with van der Waals surface area (Å²) < 4.78 is 4.74. The van der Waals surface area contributed by atoms with E-state index in [9.17, 15) is 9.59 Å². The standard InChI is InChI=1S/C16H24N2O3.ClH/c1-4-11(2)15(16(20)21-3)18-14(19)10-9-12-7-5-6-8-13(12)17;/h5-8,11,15H,4,9-10,17H2,1-3H3,(H,18,19);1H/t11-,15-;/m0./s1. The Balaban J connectivity index is 0.00000441. The molecule has 0 fully saturated rings. The van der Waals surface area contributed by atoms with Gasteiger partial charge in [-0.1, -0.05) is 38.5 Å². The second-order valence-corrected chi connectivity index (χ2v) is 5.15. The predicted octanol–water partition coefficient (Wildman–Crippen LogP) is 2.33. The van der Waals surface area contributed by atoms with Crippen LogP contribution in [0.3, 0.4) is 0 Å². The molecule has 1 amide bonds. The summed E-state index contributed by atoms with van der Waals surface area (Å²) in [6.45, 7) is 3.88.